The van der Waals surface area contributed by atoms with Gasteiger partial charge in [-0.25, -0.2) is 4.68 Å². The Labute approximate surface area is 168 Å². The lowest BCUT2D eigenvalue weighted by molar-refractivity contribution is 0.104. The molecule has 136 valence electrons. The van der Waals surface area contributed by atoms with Gasteiger partial charge in [0.05, 0.1) is 11.4 Å². The number of halogens is 1. The lowest BCUT2D eigenvalue weighted by Crippen LogP contribution is -1.93. The van der Waals surface area contributed by atoms with Crippen molar-refractivity contribution < 1.29 is 4.79 Å². The summed E-state index contributed by atoms with van der Waals surface area (Å²) in [4.78, 5) is 12.5. The van der Waals surface area contributed by atoms with E-state index in [1.54, 1.807) is 30.3 Å². The highest BCUT2D eigenvalue weighted by atomic mass is 35.5. The summed E-state index contributed by atoms with van der Waals surface area (Å²) in [5, 5.41) is 5.36. The summed E-state index contributed by atoms with van der Waals surface area (Å²) in [6.45, 7) is 0. The van der Waals surface area contributed by atoms with E-state index in [1.807, 2.05) is 77.6 Å². The molecule has 0 saturated carbocycles. The number of allylic oxidation sites excluding steroid dienone is 1. The summed E-state index contributed by atoms with van der Waals surface area (Å²) in [7, 11) is 0. The lowest BCUT2D eigenvalue weighted by atomic mass is 10.1. The Hall–Kier alpha value is -3.43. The molecule has 3 aromatic carbocycles. The van der Waals surface area contributed by atoms with E-state index in [0.717, 1.165) is 22.5 Å². The van der Waals surface area contributed by atoms with Crippen LogP contribution in [0.2, 0.25) is 5.02 Å². The van der Waals surface area contributed by atoms with Gasteiger partial charge in [0, 0.05) is 27.9 Å². The number of aromatic nitrogens is 2. The minimum Gasteiger partial charge on any atom is -0.289 e. The second kappa shape index (κ2) is 8.07. The van der Waals surface area contributed by atoms with Crippen molar-refractivity contribution in [2.75, 3.05) is 0 Å². The van der Waals surface area contributed by atoms with Crippen LogP contribution in [0.3, 0.4) is 0 Å². The summed E-state index contributed by atoms with van der Waals surface area (Å²) in [5.74, 6) is -0.0804. The van der Waals surface area contributed by atoms with Gasteiger partial charge in [-0.3, -0.25) is 4.79 Å². The number of ketones is 1. The molecule has 4 rings (SSSR count). The Kier molecular flexibility index (Phi) is 5.18. The van der Waals surface area contributed by atoms with Crippen molar-refractivity contribution in [2.45, 2.75) is 0 Å². The molecule has 0 radical (unpaired) electrons. The van der Waals surface area contributed by atoms with E-state index < -0.39 is 0 Å². The normalized spacial score (nSPS) is 11.0. The predicted octanol–water partition coefficient (Wildman–Crippen LogP) is 6.09. The summed E-state index contributed by atoms with van der Waals surface area (Å²) in [5.41, 5.74) is 4.25. The molecule has 3 nitrogen and oxygen atoms in total. The van der Waals surface area contributed by atoms with E-state index in [-0.39, 0.29) is 5.78 Å². The Morgan fingerprint density at radius 1 is 0.857 bits per heavy atom. The van der Waals surface area contributed by atoms with Gasteiger partial charge in [-0.05, 0) is 48.6 Å². The Morgan fingerprint density at radius 3 is 2.18 bits per heavy atom. The second-order valence-electron chi connectivity index (χ2n) is 6.28. The summed E-state index contributed by atoms with van der Waals surface area (Å²) in [6, 6.07) is 26.7. The van der Waals surface area contributed by atoms with Gasteiger partial charge in [-0.1, -0.05) is 60.1 Å². The van der Waals surface area contributed by atoms with Gasteiger partial charge in [0.25, 0.3) is 0 Å². The molecule has 1 heterocycles. The van der Waals surface area contributed by atoms with Crippen molar-refractivity contribution in [3.63, 3.8) is 0 Å². The first-order valence-electron chi connectivity index (χ1n) is 8.89. The molecule has 0 aliphatic carbocycles. The number of hydrogen-bond donors (Lipinski definition) is 0. The molecule has 0 N–H and O–H groups in total. The molecule has 4 heteroatoms. The average molecular weight is 385 g/mol. The van der Waals surface area contributed by atoms with E-state index in [0.29, 0.717) is 10.6 Å². The third-order valence-corrected chi connectivity index (χ3v) is 4.61. The van der Waals surface area contributed by atoms with Crippen molar-refractivity contribution in [1.29, 1.82) is 0 Å². The van der Waals surface area contributed by atoms with E-state index in [4.69, 9.17) is 16.7 Å². The van der Waals surface area contributed by atoms with E-state index in [9.17, 15) is 4.79 Å². The van der Waals surface area contributed by atoms with Crippen LogP contribution >= 0.6 is 11.6 Å². The third-order valence-electron chi connectivity index (χ3n) is 4.35. The van der Waals surface area contributed by atoms with Crippen LogP contribution in [0.5, 0.6) is 0 Å². The first kappa shape index (κ1) is 18.0. The van der Waals surface area contributed by atoms with E-state index >= 15 is 0 Å². The molecular weight excluding hydrogens is 368 g/mol. The van der Waals surface area contributed by atoms with E-state index in [1.165, 1.54) is 0 Å². The van der Waals surface area contributed by atoms with Crippen LogP contribution in [0, 0.1) is 0 Å². The summed E-state index contributed by atoms with van der Waals surface area (Å²) < 4.78 is 1.83. The summed E-state index contributed by atoms with van der Waals surface area (Å²) in [6.07, 6.45) is 5.32. The molecule has 0 saturated heterocycles. The van der Waals surface area contributed by atoms with Crippen molar-refractivity contribution in [3.05, 3.63) is 113 Å². The smallest absolute Gasteiger partial charge is 0.185 e. The number of hydrogen-bond acceptors (Lipinski definition) is 2. The molecule has 4 aromatic rings. The first-order valence-corrected chi connectivity index (χ1v) is 9.27. The Morgan fingerprint density at radius 2 is 1.50 bits per heavy atom. The molecule has 28 heavy (non-hydrogen) atoms. The highest BCUT2D eigenvalue weighted by Crippen LogP contribution is 2.25. The van der Waals surface area contributed by atoms with Crippen LogP contribution in [-0.2, 0) is 0 Å². The third kappa shape index (κ3) is 3.95. The maximum absolute atomic E-state index is 12.5. The molecule has 0 bridgehead atoms. The zero-order valence-corrected chi connectivity index (χ0v) is 15.8. The lowest BCUT2D eigenvalue weighted by Gasteiger charge is -2.00. The molecule has 0 unspecified atom stereocenters. The first-order chi connectivity index (χ1) is 13.7. The largest absolute Gasteiger partial charge is 0.289 e. The highest BCUT2D eigenvalue weighted by Gasteiger charge is 2.11. The van der Waals surface area contributed by atoms with Gasteiger partial charge >= 0.3 is 0 Å². The van der Waals surface area contributed by atoms with Crippen molar-refractivity contribution >= 4 is 23.5 Å². The minimum atomic E-state index is -0.0804. The fourth-order valence-electron chi connectivity index (χ4n) is 2.92. The molecule has 0 aliphatic rings. The molecular formula is C24H17ClN2O. The van der Waals surface area contributed by atoms with E-state index in [2.05, 4.69) is 0 Å². The predicted molar refractivity (Wildman–Crippen MR) is 114 cm³/mol. The second-order valence-corrected chi connectivity index (χ2v) is 6.72. The maximum Gasteiger partial charge on any atom is 0.185 e. The molecule has 0 aliphatic heterocycles. The zero-order chi connectivity index (χ0) is 19.3. The Bertz CT molecular complexity index is 1110. The average Bonchev–Trinajstić information content (AvgIpc) is 3.18. The highest BCUT2D eigenvalue weighted by molar-refractivity contribution is 6.30. The fourth-order valence-corrected chi connectivity index (χ4v) is 3.04. The van der Waals surface area contributed by atoms with Crippen LogP contribution in [0.15, 0.2) is 97.2 Å². The standard InChI is InChI=1S/C24H17ClN2O/c25-21-14-11-18(12-15-21)23(28)16-13-20-17-27(22-9-5-2-6-10-22)26-24(20)19-7-3-1-4-8-19/h1-17H. The van der Waals surface area contributed by atoms with Crippen molar-refractivity contribution in [2.24, 2.45) is 0 Å². The SMILES string of the molecule is O=C(C=Cc1cn(-c2ccccc2)nc1-c1ccccc1)c1ccc(Cl)cc1. The maximum atomic E-state index is 12.5. The molecule has 1 aromatic heterocycles. The van der Waals surface area contributed by atoms with Crippen LogP contribution < -0.4 is 0 Å². The number of carbonyl (C=O) groups is 1. The number of nitrogens with zero attached hydrogens (tertiary/aromatic N) is 2. The van der Waals surface area contributed by atoms with Crippen LogP contribution in [0.25, 0.3) is 23.0 Å². The molecule has 0 atom stereocenters. The molecule has 0 spiro atoms. The minimum absolute atomic E-state index is 0.0804. The molecule has 0 fully saturated rings. The van der Waals surface area contributed by atoms with Crippen molar-refractivity contribution in [3.8, 4) is 16.9 Å². The zero-order valence-electron chi connectivity index (χ0n) is 15.0. The monoisotopic (exact) mass is 384 g/mol. The number of carbonyl (C=O) groups excluding carboxylic acids is 1. The van der Waals surface area contributed by atoms with Gasteiger partial charge < -0.3 is 0 Å². The van der Waals surface area contributed by atoms with Crippen LogP contribution in [-0.4, -0.2) is 15.6 Å². The quantitative estimate of drug-likeness (QED) is 0.308. The van der Waals surface area contributed by atoms with Gasteiger partial charge in [0.15, 0.2) is 5.78 Å². The topological polar surface area (TPSA) is 34.9 Å². The van der Waals surface area contributed by atoms with Crippen LogP contribution in [0.1, 0.15) is 15.9 Å². The van der Waals surface area contributed by atoms with Crippen LogP contribution in [0.4, 0.5) is 0 Å². The van der Waals surface area contributed by atoms with Gasteiger partial charge in [0.2, 0.25) is 0 Å². The van der Waals surface area contributed by atoms with Gasteiger partial charge in [-0.2, -0.15) is 5.10 Å². The van der Waals surface area contributed by atoms with Gasteiger partial charge in [-0.15, -0.1) is 0 Å². The summed E-state index contributed by atoms with van der Waals surface area (Å²) >= 11 is 5.90. The number of para-hydroxylation sites is 1. The number of benzene rings is 3. The number of rotatable bonds is 5. The Balaban J connectivity index is 1.71. The fraction of sp³-hybridized carbons (Fsp3) is 0. The van der Waals surface area contributed by atoms with Gasteiger partial charge in [0.1, 0.15) is 0 Å². The van der Waals surface area contributed by atoms with Crippen molar-refractivity contribution in [1.82, 2.24) is 9.78 Å². The molecule has 0 amide bonds.